The van der Waals surface area contributed by atoms with Crippen LogP contribution in [-0.4, -0.2) is 34.9 Å². The highest BCUT2D eigenvalue weighted by molar-refractivity contribution is 5.95. The summed E-state index contributed by atoms with van der Waals surface area (Å²) >= 11 is 0. The summed E-state index contributed by atoms with van der Waals surface area (Å²) in [5.41, 5.74) is 2.30. The molecule has 0 spiro atoms. The Hall–Kier alpha value is -2.89. The molecule has 6 nitrogen and oxygen atoms in total. The molecule has 3 rings (SSSR count). The molecule has 0 radical (unpaired) electrons. The molecule has 1 aliphatic heterocycles. The molecule has 2 heterocycles. The second-order valence-electron chi connectivity index (χ2n) is 6.88. The van der Waals surface area contributed by atoms with Crippen LogP contribution < -0.4 is 10.6 Å². The normalized spacial score (nSPS) is 15.5. The zero-order chi connectivity index (χ0) is 19.1. The van der Waals surface area contributed by atoms with Gasteiger partial charge in [0, 0.05) is 36.7 Å². The van der Waals surface area contributed by atoms with Crippen LogP contribution >= 0.6 is 0 Å². The van der Waals surface area contributed by atoms with Crippen molar-refractivity contribution in [3.63, 3.8) is 0 Å². The monoisotopic (exact) mass is 366 g/mol. The Labute approximate surface area is 160 Å². The van der Waals surface area contributed by atoms with Gasteiger partial charge in [-0.15, -0.1) is 0 Å². The number of anilines is 1. The molecule has 1 unspecified atom stereocenters. The van der Waals surface area contributed by atoms with Gasteiger partial charge in [0.15, 0.2) is 0 Å². The smallest absolute Gasteiger partial charge is 0.319 e. The van der Waals surface area contributed by atoms with E-state index in [0.717, 1.165) is 31.5 Å². The van der Waals surface area contributed by atoms with Crippen LogP contribution in [0, 0.1) is 0 Å². The van der Waals surface area contributed by atoms with Crippen molar-refractivity contribution < 1.29 is 9.59 Å². The van der Waals surface area contributed by atoms with Crippen LogP contribution in [0.4, 0.5) is 10.5 Å². The third-order valence-electron chi connectivity index (χ3n) is 4.84. The van der Waals surface area contributed by atoms with Crippen LogP contribution in [0.5, 0.6) is 0 Å². The number of pyridine rings is 1. The van der Waals surface area contributed by atoms with E-state index in [0.29, 0.717) is 11.3 Å². The van der Waals surface area contributed by atoms with E-state index in [2.05, 4.69) is 15.6 Å². The molecule has 1 saturated heterocycles. The summed E-state index contributed by atoms with van der Waals surface area (Å²) in [5, 5.41) is 5.70. The first-order valence-corrected chi connectivity index (χ1v) is 9.50. The van der Waals surface area contributed by atoms with Crippen LogP contribution in [0.25, 0.3) is 0 Å². The fourth-order valence-electron chi connectivity index (χ4n) is 3.25. The SMILES string of the molecule is CC(NC(=O)Nc1ccc(C(=O)N2CCCCCC2)cc1)c1ccncc1. The molecule has 0 aliphatic carbocycles. The number of urea groups is 1. The molecule has 27 heavy (non-hydrogen) atoms. The molecule has 1 fully saturated rings. The highest BCUT2D eigenvalue weighted by Gasteiger charge is 2.17. The minimum Gasteiger partial charge on any atom is -0.339 e. The van der Waals surface area contributed by atoms with Crippen molar-refractivity contribution in [3.8, 4) is 0 Å². The van der Waals surface area contributed by atoms with Crippen molar-refractivity contribution in [2.24, 2.45) is 0 Å². The van der Waals surface area contributed by atoms with Gasteiger partial charge in [-0.2, -0.15) is 0 Å². The van der Waals surface area contributed by atoms with E-state index < -0.39 is 0 Å². The summed E-state index contributed by atoms with van der Waals surface area (Å²) in [4.78, 5) is 30.7. The number of carbonyl (C=O) groups is 2. The fraction of sp³-hybridized carbons (Fsp3) is 0.381. The maximum absolute atomic E-state index is 12.6. The molecular formula is C21H26N4O2. The van der Waals surface area contributed by atoms with Gasteiger partial charge in [-0.05, 0) is 61.7 Å². The Kier molecular flexibility index (Phi) is 6.41. The van der Waals surface area contributed by atoms with Gasteiger partial charge in [0.2, 0.25) is 0 Å². The number of hydrogen-bond acceptors (Lipinski definition) is 3. The van der Waals surface area contributed by atoms with Gasteiger partial charge < -0.3 is 15.5 Å². The Morgan fingerprint density at radius 1 is 0.963 bits per heavy atom. The van der Waals surface area contributed by atoms with E-state index in [4.69, 9.17) is 0 Å². The number of aromatic nitrogens is 1. The summed E-state index contributed by atoms with van der Waals surface area (Å²) < 4.78 is 0. The first-order valence-electron chi connectivity index (χ1n) is 9.50. The van der Waals surface area contributed by atoms with Gasteiger partial charge in [0.05, 0.1) is 6.04 Å². The van der Waals surface area contributed by atoms with E-state index in [-0.39, 0.29) is 18.0 Å². The van der Waals surface area contributed by atoms with Crippen LogP contribution in [0.3, 0.4) is 0 Å². The summed E-state index contributed by atoms with van der Waals surface area (Å²) in [6.45, 7) is 3.57. The minimum absolute atomic E-state index is 0.0687. The molecule has 1 aromatic heterocycles. The lowest BCUT2D eigenvalue weighted by Crippen LogP contribution is -2.32. The highest BCUT2D eigenvalue weighted by Crippen LogP contribution is 2.16. The van der Waals surface area contributed by atoms with E-state index in [1.54, 1.807) is 36.7 Å². The minimum atomic E-state index is -0.286. The lowest BCUT2D eigenvalue weighted by atomic mass is 10.1. The number of carbonyl (C=O) groups excluding carboxylic acids is 2. The van der Waals surface area contributed by atoms with Crippen molar-refractivity contribution >= 4 is 17.6 Å². The number of rotatable bonds is 4. The molecule has 6 heteroatoms. The number of hydrogen-bond donors (Lipinski definition) is 2. The van der Waals surface area contributed by atoms with Crippen molar-refractivity contribution in [1.82, 2.24) is 15.2 Å². The zero-order valence-electron chi connectivity index (χ0n) is 15.6. The van der Waals surface area contributed by atoms with Gasteiger partial charge in [0.1, 0.15) is 0 Å². The van der Waals surface area contributed by atoms with Gasteiger partial charge >= 0.3 is 6.03 Å². The second kappa shape index (κ2) is 9.16. The highest BCUT2D eigenvalue weighted by atomic mass is 16.2. The molecule has 1 aliphatic rings. The number of benzene rings is 1. The van der Waals surface area contributed by atoms with Crippen molar-refractivity contribution in [3.05, 3.63) is 59.9 Å². The van der Waals surface area contributed by atoms with E-state index in [9.17, 15) is 9.59 Å². The Balaban J connectivity index is 1.55. The van der Waals surface area contributed by atoms with E-state index in [1.807, 2.05) is 24.0 Å². The molecule has 3 amide bonds. The van der Waals surface area contributed by atoms with Gasteiger partial charge in [-0.3, -0.25) is 9.78 Å². The molecule has 0 bridgehead atoms. The predicted molar refractivity (Wildman–Crippen MR) is 106 cm³/mol. The fourth-order valence-corrected chi connectivity index (χ4v) is 3.25. The Bertz CT molecular complexity index is 754. The average molecular weight is 366 g/mol. The molecule has 142 valence electrons. The van der Waals surface area contributed by atoms with Crippen LogP contribution in [0.15, 0.2) is 48.8 Å². The number of nitrogens with one attached hydrogen (secondary N) is 2. The topological polar surface area (TPSA) is 74.3 Å². The first-order chi connectivity index (χ1) is 13.1. The molecular weight excluding hydrogens is 340 g/mol. The zero-order valence-corrected chi connectivity index (χ0v) is 15.6. The average Bonchev–Trinajstić information content (AvgIpc) is 2.98. The number of amides is 3. The summed E-state index contributed by atoms with van der Waals surface area (Å²) in [6.07, 6.45) is 7.93. The van der Waals surface area contributed by atoms with Gasteiger partial charge in [-0.1, -0.05) is 12.8 Å². The van der Waals surface area contributed by atoms with E-state index >= 15 is 0 Å². The van der Waals surface area contributed by atoms with Crippen molar-refractivity contribution in [2.45, 2.75) is 38.6 Å². The molecule has 1 atom stereocenters. The Morgan fingerprint density at radius 2 is 1.59 bits per heavy atom. The summed E-state index contributed by atoms with van der Waals surface area (Å²) in [6, 6.07) is 10.4. The summed E-state index contributed by atoms with van der Waals surface area (Å²) in [5.74, 6) is 0.0687. The largest absolute Gasteiger partial charge is 0.339 e. The van der Waals surface area contributed by atoms with Gasteiger partial charge in [-0.25, -0.2) is 4.79 Å². The quantitative estimate of drug-likeness (QED) is 0.859. The van der Waals surface area contributed by atoms with Crippen LogP contribution in [0.1, 0.15) is 54.6 Å². The first kappa shape index (κ1) is 18.9. The molecule has 2 N–H and O–H groups in total. The van der Waals surface area contributed by atoms with Crippen LogP contribution in [-0.2, 0) is 0 Å². The second-order valence-corrected chi connectivity index (χ2v) is 6.88. The maximum Gasteiger partial charge on any atom is 0.319 e. The number of nitrogens with zero attached hydrogens (tertiary/aromatic N) is 2. The van der Waals surface area contributed by atoms with Crippen molar-refractivity contribution in [2.75, 3.05) is 18.4 Å². The molecule has 1 aromatic carbocycles. The van der Waals surface area contributed by atoms with Gasteiger partial charge in [0.25, 0.3) is 5.91 Å². The maximum atomic E-state index is 12.6. The van der Waals surface area contributed by atoms with Crippen LogP contribution in [0.2, 0.25) is 0 Å². The molecule has 2 aromatic rings. The third kappa shape index (κ3) is 5.29. The lowest BCUT2D eigenvalue weighted by molar-refractivity contribution is 0.0761. The standard InChI is InChI=1S/C21H26N4O2/c1-16(17-10-12-22-13-11-17)23-21(27)24-19-8-6-18(7-9-19)20(26)25-14-4-2-3-5-15-25/h6-13,16H,2-5,14-15H2,1H3,(H2,23,24,27). The third-order valence-corrected chi connectivity index (χ3v) is 4.84. The molecule has 0 saturated carbocycles. The predicted octanol–water partition coefficient (Wildman–Crippen LogP) is 3.98. The lowest BCUT2D eigenvalue weighted by Gasteiger charge is -2.20. The van der Waals surface area contributed by atoms with E-state index in [1.165, 1.54) is 12.8 Å². The summed E-state index contributed by atoms with van der Waals surface area (Å²) in [7, 11) is 0. The number of likely N-dealkylation sites (tertiary alicyclic amines) is 1. The Morgan fingerprint density at radius 3 is 2.22 bits per heavy atom. The van der Waals surface area contributed by atoms with Crippen molar-refractivity contribution in [1.29, 1.82) is 0 Å².